The molecule has 17 heteroatoms. The van der Waals surface area contributed by atoms with Gasteiger partial charge in [0, 0.05) is 43.9 Å². The van der Waals surface area contributed by atoms with Gasteiger partial charge in [0.15, 0.2) is 54.6 Å². The highest BCUT2D eigenvalue weighted by molar-refractivity contribution is 6.03. The van der Waals surface area contributed by atoms with Crippen molar-refractivity contribution in [3.05, 3.63) is 72.5 Å². The summed E-state index contributed by atoms with van der Waals surface area (Å²) in [5.41, 5.74) is 8.33. The maximum Gasteiger partial charge on any atom is 0.251 e. The molecule has 6 rings (SSSR count). The van der Waals surface area contributed by atoms with Crippen LogP contribution < -0.4 is 34.3 Å². The number of aliphatic hydroxyl groups excluding tert-OH is 1. The van der Waals surface area contributed by atoms with Crippen LogP contribution in [0.2, 0.25) is 0 Å². The number of nitrogen functional groups attached to an aromatic ring is 1. The van der Waals surface area contributed by atoms with Crippen molar-refractivity contribution in [2.45, 2.75) is 43.9 Å². The second-order valence-electron chi connectivity index (χ2n) is 11.9. The number of aromatic nitrogens is 4. The van der Waals surface area contributed by atoms with Crippen molar-refractivity contribution in [2.24, 2.45) is 0 Å². The summed E-state index contributed by atoms with van der Waals surface area (Å²) in [5, 5.41) is 11.6. The summed E-state index contributed by atoms with van der Waals surface area (Å²) >= 11 is 0. The van der Waals surface area contributed by atoms with Crippen LogP contribution >= 0.6 is 0 Å². The van der Waals surface area contributed by atoms with E-state index in [-0.39, 0.29) is 38.8 Å². The van der Waals surface area contributed by atoms with Gasteiger partial charge in [-0.25, -0.2) is 15.0 Å². The molecule has 0 saturated carbocycles. The van der Waals surface area contributed by atoms with Crippen molar-refractivity contribution >= 4 is 28.6 Å². The molecule has 282 valence electrons. The second kappa shape index (κ2) is 16.8. The molecule has 17 nitrogen and oxygen atoms in total. The number of amides is 1. The van der Waals surface area contributed by atoms with Gasteiger partial charge >= 0.3 is 0 Å². The van der Waals surface area contributed by atoms with E-state index in [1.165, 1.54) is 51.2 Å². The zero-order valence-corrected chi connectivity index (χ0v) is 30.0. The van der Waals surface area contributed by atoms with Gasteiger partial charge in [0.05, 0.1) is 46.2 Å². The number of aliphatic hydroxyl groups is 1. The standard InChI is InChI=1S/C36H42N6O11/c1-45-19-51-27-15-24-31(52-20-46-2)23(32(27)49-5)8-7-13-50-33-25(53-36(30(33)44)42-18-40-29-34(37)38-17-39-35(29)42)9-6-10-28(43)41(24)16-21-11-12-22(47-3)14-26(21)48-4/h6-7,10-15,17-18,25,30,33,36,44H,8-9,16,19-20H2,1-5H3,(H2,37,38,39)/b10-6+,13-7+/t25-,30-,33-,36-/m1/s1. The third-order valence-electron chi connectivity index (χ3n) is 8.76. The van der Waals surface area contributed by atoms with E-state index in [4.69, 9.17) is 48.4 Å². The lowest BCUT2D eigenvalue weighted by Gasteiger charge is -2.28. The fourth-order valence-corrected chi connectivity index (χ4v) is 6.28. The summed E-state index contributed by atoms with van der Waals surface area (Å²) in [6.45, 7) is -0.185. The highest BCUT2D eigenvalue weighted by atomic mass is 16.7. The smallest absolute Gasteiger partial charge is 0.251 e. The van der Waals surface area contributed by atoms with Crippen molar-refractivity contribution in [1.82, 2.24) is 19.5 Å². The number of allylic oxidation sites excluding steroid dienone is 1. The Labute approximate surface area is 305 Å². The fourth-order valence-electron chi connectivity index (χ4n) is 6.28. The van der Waals surface area contributed by atoms with E-state index in [2.05, 4.69) is 15.0 Å². The molecule has 1 saturated heterocycles. The number of hydrogen-bond acceptors (Lipinski definition) is 15. The van der Waals surface area contributed by atoms with E-state index in [0.717, 1.165) is 0 Å². The van der Waals surface area contributed by atoms with E-state index in [0.29, 0.717) is 56.7 Å². The van der Waals surface area contributed by atoms with Crippen LogP contribution in [-0.2, 0) is 36.7 Å². The quantitative estimate of drug-likeness (QED) is 0.201. The van der Waals surface area contributed by atoms with Crippen LogP contribution in [0.1, 0.15) is 23.8 Å². The Bertz CT molecular complexity index is 1970. The van der Waals surface area contributed by atoms with Gasteiger partial charge in [0.1, 0.15) is 35.6 Å². The van der Waals surface area contributed by atoms with E-state index >= 15 is 0 Å². The molecule has 53 heavy (non-hydrogen) atoms. The molecule has 0 radical (unpaired) electrons. The number of benzene rings is 2. The van der Waals surface area contributed by atoms with E-state index in [1.807, 2.05) is 6.07 Å². The molecular formula is C36H42N6O11. The number of nitrogens with two attached hydrogens (primary N) is 1. The molecule has 1 amide bonds. The van der Waals surface area contributed by atoms with Gasteiger partial charge in [-0.1, -0.05) is 6.08 Å². The van der Waals surface area contributed by atoms with Crippen molar-refractivity contribution in [2.75, 3.05) is 59.8 Å². The minimum absolute atomic E-state index is 0.0517. The SMILES string of the molecule is COCOc1cc2c(OCOC)c(c1OC)C/C=C/O[C@H]1[C@@H](O)[C@H](n3cnc4c(N)ncnc43)O[C@@H]1C/C=C/C(=O)N2Cc1ccc(OC)cc1OC. The maximum absolute atomic E-state index is 14.4. The number of anilines is 2. The van der Waals surface area contributed by atoms with Crippen LogP contribution in [0.5, 0.6) is 28.7 Å². The van der Waals surface area contributed by atoms with E-state index < -0.39 is 30.4 Å². The molecule has 2 aliphatic heterocycles. The van der Waals surface area contributed by atoms with Crippen molar-refractivity contribution in [3.63, 3.8) is 0 Å². The summed E-state index contributed by atoms with van der Waals surface area (Å²) in [6, 6.07) is 7.00. The van der Waals surface area contributed by atoms with E-state index in [1.54, 1.807) is 49.1 Å². The molecular weight excluding hydrogens is 692 g/mol. The van der Waals surface area contributed by atoms with Gasteiger partial charge in [0.2, 0.25) is 0 Å². The van der Waals surface area contributed by atoms with Gasteiger partial charge in [-0.2, -0.15) is 0 Å². The zero-order valence-electron chi connectivity index (χ0n) is 30.0. The molecule has 0 aliphatic carbocycles. The number of hydrogen-bond donors (Lipinski definition) is 2. The van der Waals surface area contributed by atoms with Crippen LogP contribution in [0.25, 0.3) is 11.2 Å². The topological polar surface area (TPSA) is 193 Å². The molecule has 3 N–H and O–H groups in total. The lowest BCUT2D eigenvalue weighted by molar-refractivity contribution is -0.114. The average Bonchev–Trinajstić information content (AvgIpc) is 3.74. The molecule has 2 aliphatic rings. The van der Waals surface area contributed by atoms with Gasteiger partial charge < -0.3 is 58.4 Å². The number of nitrogens with zero attached hydrogens (tertiary/aromatic N) is 5. The molecule has 2 bridgehead atoms. The maximum atomic E-state index is 14.4. The summed E-state index contributed by atoms with van der Waals surface area (Å²) in [4.78, 5) is 28.6. The molecule has 2 aromatic carbocycles. The molecule has 4 aromatic rings. The largest absolute Gasteiger partial charge is 0.497 e. The van der Waals surface area contributed by atoms with Crippen LogP contribution in [0.15, 0.2) is 61.4 Å². The molecule has 1 fully saturated rings. The molecule has 2 aromatic heterocycles. The molecule has 4 heterocycles. The first-order chi connectivity index (χ1) is 25.8. The lowest BCUT2D eigenvalue weighted by Crippen LogP contribution is -2.33. The summed E-state index contributed by atoms with van der Waals surface area (Å²) in [5.74, 6) is 1.82. The number of carbonyl (C=O) groups is 1. The number of imidazole rings is 1. The van der Waals surface area contributed by atoms with Crippen LogP contribution in [0.3, 0.4) is 0 Å². The predicted octanol–water partition coefficient (Wildman–Crippen LogP) is 3.29. The lowest BCUT2D eigenvalue weighted by atomic mass is 10.0. The summed E-state index contributed by atoms with van der Waals surface area (Å²) in [6.07, 6.45) is 5.87. The van der Waals surface area contributed by atoms with Crippen LogP contribution in [-0.4, -0.2) is 98.0 Å². The Hall–Kier alpha value is -5.62. The minimum Gasteiger partial charge on any atom is -0.497 e. The molecule has 4 atom stereocenters. The Morgan fingerprint density at radius 1 is 0.943 bits per heavy atom. The first kappa shape index (κ1) is 37.1. The number of fused-ring (bicyclic) bond motifs is 4. The summed E-state index contributed by atoms with van der Waals surface area (Å²) in [7, 11) is 7.59. The van der Waals surface area contributed by atoms with Crippen molar-refractivity contribution < 1.29 is 52.5 Å². The van der Waals surface area contributed by atoms with Gasteiger partial charge in [-0.3, -0.25) is 9.36 Å². The Morgan fingerprint density at radius 2 is 1.75 bits per heavy atom. The zero-order chi connectivity index (χ0) is 37.5. The average molecular weight is 735 g/mol. The molecule has 0 spiro atoms. The van der Waals surface area contributed by atoms with Crippen molar-refractivity contribution in [1.29, 1.82) is 0 Å². The highest BCUT2D eigenvalue weighted by Crippen LogP contribution is 2.47. The number of ether oxygens (including phenoxy) is 9. The first-order valence-corrected chi connectivity index (χ1v) is 16.6. The Morgan fingerprint density at radius 3 is 2.51 bits per heavy atom. The number of methoxy groups -OCH3 is 5. The highest BCUT2D eigenvalue weighted by Gasteiger charge is 2.46. The van der Waals surface area contributed by atoms with Crippen LogP contribution in [0, 0.1) is 0 Å². The van der Waals surface area contributed by atoms with Gasteiger partial charge in [-0.15, -0.1) is 0 Å². The third kappa shape index (κ3) is 7.64. The third-order valence-corrected chi connectivity index (χ3v) is 8.76. The Kier molecular flexibility index (Phi) is 11.8. The Balaban J connectivity index is 1.45. The predicted molar refractivity (Wildman–Crippen MR) is 190 cm³/mol. The second-order valence-corrected chi connectivity index (χ2v) is 11.9. The number of rotatable bonds is 12. The number of carbonyl (C=O) groups excluding carboxylic acids is 1. The normalized spacial score (nSPS) is 21.3. The van der Waals surface area contributed by atoms with Gasteiger partial charge in [-0.05, 0) is 30.7 Å². The minimum atomic E-state index is -1.17. The van der Waals surface area contributed by atoms with E-state index in [9.17, 15) is 9.90 Å². The van der Waals surface area contributed by atoms with Crippen LogP contribution in [0.4, 0.5) is 11.5 Å². The fraction of sp³-hybridized carbons (Fsp3) is 0.389. The molecule has 0 unspecified atom stereocenters. The van der Waals surface area contributed by atoms with Crippen molar-refractivity contribution in [3.8, 4) is 28.7 Å². The first-order valence-electron chi connectivity index (χ1n) is 16.6. The summed E-state index contributed by atoms with van der Waals surface area (Å²) < 4.78 is 53.7. The monoisotopic (exact) mass is 734 g/mol. The van der Waals surface area contributed by atoms with Gasteiger partial charge in [0.25, 0.3) is 5.91 Å².